The minimum Gasteiger partial charge on any atom is -0.475 e. The van der Waals surface area contributed by atoms with Crippen molar-refractivity contribution in [1.82, 2.24) is 9.88 Å². The highest BCUT2D eigenvalue weighted by Gasteiger charge is 2.38. The number of carbonyl (C=O) groups is 1. The molecular formula is C19H25F3N2O4S. The highest BCUT2D eigenvalue weighted by Crippen LogP contribution is 2.33. The van der Waals surface area contributed by atoms with Gasteiger partial charge in [-0.15, -0.1) is 11.3 Å². The topological polar surface area (TPSA) is 86.8 Å². The number of aliphatic carboxylic acids is 1. The van der Waals surface area contributed by atoms with Crippen molar-refractivity contribution in [1.29, 1.82) is 0 Å². The van der Waals surface area contributed by atoms with E-state index in [0.717, 1.165) is 61.1 Å². The fourth-order valence-electron chi connectivity index (χ4n) is 3.11. The number of nitrogens with zero attached hydrogens (tertiary/aromatic N) is 2. The van der Waals surface area contributed by atoms with Crippen LogP contribution in [-0.4, -0.2) is 45.3 Å². The molecule has 0 spiro atoms. The average Bonchev–Trinajstić information content (AvgIpc) is 3.32. The quantitative estimate of drug-likeness (QED) is 0.734. The maximum Gasteiger partial charge on any atom is 0.490 e. The summed E-state index contributed by atoms with van der Waals surface area (Å²) < 4.78 is 37.5. The maximum absolute atomic E-state index is 10.6. The van der Waals surface area contributed by atoms with Crippen molar-refractivity contribution in [3.8, 4) is 0 Å². The number of hydrogen-bond donors (Lipinski definition) is 2. The number of aryl methyl sites for hydroxylation is 2. The second-order valence-electron chi connectivity index (χ2n) is 6.85. The van der Waals surface area contributed by atoms with Gasteiger partial charge in [0.15, 0.2) is 5.89 Å². The second kappa shape index (κ2) is 10.2. The van der Waals surface area contributed by atoms with Crippen LogP contribution in [-0.2, 0) is 17.8 Å². The molecular weight excluding hydrogens is 409 g/mol. The third-order valence-electron chi connectivity index (χ3n) is 4.76. The molecule has 3 heterocycles. The number of aliphatic hydroxyl groups is 1. The van der Waals surface area contributed by atoms with Gasteiger partial charge >= 0.3 is 12.1 Å². The van der Waals surface area contributed by atoms with Gasteiger partial charge in [-0.25, -0.2) is 9.78 Å². The first-order chi connectivity index (χ1) is 13.6. The summed E-state index contributed by atoms with van der Waals surface area (Å²) in [6, 6.07) is 4.04. The van der Waals surface area contributed by atoms with E-state index in [-0.39, 0.29) is 6.10 Å². The third kappa shape index (κ3) is 6.83. The van der Waals surface area contributed by atoms with Gasteiger partial charge in [0.25, 0.3) is 0 Å². The molecule has 6 nitrogen and oxygen atoms in total. The molecule has 0 radical (unpaired) electrons. The van der Waals surface area contributed by atoms with Crippen molar-refractivity contribution >= 4 is 17.3 Å². The molecule has 1 atom stereocenters. The van der Waals surface area contributed by atoms with Crippen LogP contribution in [0.25, 0.3) is 0 Å². The Labute approximate surface area is 171 Å². The molecule has 0 aromatic carbocycles. The summed E-state index contributed by atoms with van der Waals surface area (Å²) in [5.74, 6) is -0.561. The highest BCUT2D eigenvalue weighted by atomic mass is 32.1. The monoisotopic (exact) mass is 434 g/mol. The number of piperidine rings is 1. The van der Waals surface area contributed by atoms with Gasteiger partial charge in [0.05, 0.1) is 18.3 Å². The third-order valence-corrected chi connectivity index (χ3v) is 5.71. The lowest BCUT2D eigenvalue weighted by Gasteiger charge is -2.33. The van der Waals surface area contributed by atoms with Gasteiger partial charge in [-0.2, -0.15) is 13.2 Å². The van der Waals surface area contributed by atoms with Crippen molar-refractivity contribution in [2.75, 3.05) is 13.1 Å². The van der Waals surface area contributed by atoms with Gasteiger partial charge in [0.2, 0.25) is 0 Å². The van der Waals surface area contributed by atoms with E-state index in [4.69, 9.17) is 14.3 Å². The van der Waals surface area contributed by atoms with E-state index in [1.807, 2.05) is 24.4 Å². The molecule has 10 heteroatoms. The van der Waals surface area contributed by atoms with Gasteiger partial charge in [-0.3, -0.25) is 4.90 Å². The zero-order valence-electron chi connectivity index (χ0n) is 16.3. The lowest BCUT2D eigenvalue weighted by Crippen LogP contribution is -2.35. The minimum atomic E-state index is -5.08. The molecule has 1 saturated heterocycles. The number of hydrogen-bond acceptors (Lipinski definition) is 6. The number of carboxylic acid groups (broad SMARTS) is 1. The number of oxazole rings is 1. The van der Waals surface area contributed by atoms with Crippen LogP contribution in [0.4, 0.5) is 13.2 Å². The second-order valence-corrected chi connectivity index (χ2v) is 7.83. The van der Waals surface area contributed by atoms with Crippen LogP contribution in [0.5, 0.6) is 0 Å². The molecule has 2 aromatic rings. The van der Waals surface area contributed by atoms with Crippen molar-refractivity contribution in [3.63, 3.8) is 0 Å². The van der Waals surface area contributed by atoms with Crippen LogP contribution in [0.2, 0.25) is 0 Å². The Morgan fingerprint density at radius 3 is 2.48 bits per heavy atom. The first-order valence-electron chi connectivity index (χ1n) is 9.30. The largest absolute Gasteiger partial charge is 0.490 e. The van der Waals surface area contributed by atoms with E-state index < -0.39 is 12.1 Å². The number of aromatic nitrogens is 1. The van der Waals surface area contributed by atoms with Gasteiger partial charge < -0.3 is 14.6 Å². The Balaban J connectivity index is 0.000000370. The van der Waals surface area contributed by atoms with Crippen LogP contribution < -0.4 is 0 Å². The summed E-state index contributed by atoms with van der Waals surface area (Å²) in [5, 5.41) is 19.6. The molecule has 1 fully saturated rings. The molecule has 0 saturated carbocycles. The Morgan fingerprint density at radius 1 is 1.41 bits per heavy atom. The van der Waals surface area contributed by atoms with E-state index in [0.29, 0.717) is 5.92 Å². The van der Waals surface area contributed by atoms with E-state index in [1.165, 1.54) is 0 Å². The Bertz CT molecular complexity index is 769. The van der Waals surface area contributed by atoms with Crippen molar-refractivity contribution < 1.29 is 32.6 Å². The summed E-state index contributed by atoms with van der Waals surface area (Å²) in [4.78, 5) is 16.8. The predicted molar refractivity (Wildman–Crippen MR) is 102 cm³/mol. The summed E-state index contributed by atoms with van der Waals surface area (Å²) in [5.41, 5.74) is 1.01. The number of carboxylic acids is 1. The van der Waals surface area contributed by atoms with Crippen LogP contribution in [0.15, 0.2) is 21.9 Å². The smallest absolute Gasteiger partial charge is 0.475 e. The summed E-state index contributed by atoms with van der Waals surface area (Å²) in [7, 11) is 0. The molecule has 1 aliphatic heterocycles. The maximum atomic E-state index is 10.6. The van der Waals surface area contributed by atoms with Crippen molar-refractivity contribution in [2.24, 2.45) is 5.92 Å². The number of rotatable bonds is 5. The molecule has 1 aliphatic rings. The first kappa shape index (κ1) is 23.4. The van der Waals surface area contributed by atoms with Gasteiger partial charge in [0.1, 0.15) is 5.76 Å². The van der Waals surface area contributed by atoms with Crippen molar-refractivity contribution in [2.45, 2.75) is 51.9 Å². The normalized spacial score (nSPS) is 16.9. The Hall–Kier alpha value is -1.91. The lowest BCUT2D eigenvalue weighted by molar-refractivity contribution is -0.192. The van der Waals surface area contributed by atoms with Crippen LogP contribution in [0, 0.1) is 12.8 Å². The van der Waals surface area contributed by atoms with E-state index >= 15 is 0 Å². The van der Waals surface area contributed by atoms with E-state index in [2.05, 4.69) is 16.8 Å². The van der Waals surface area contributed by atoms with Crippen molar-refractivity contribution in [3.05, 3.63) is 39.7 Å². The van der Waals surface area contributed by atoms with E-state index in [9.17, 15) is 18.3 Å². The molecule has 0 aliphatic carbocycles. The number of halogens is 3. The number of likely N-dealkylation sites (tertiary alicyclic amines) is 1. The molecule has 2 aromatic heterocycles. The zero-order chi connectivity index (χ0) is 21.6. The summed E-state index contributed by atoms with van der Waals surface area (Å²) in [6.45, 7) is 6.93. The number of aliphatic hydroxyl groups excluding tert-OH is 1. The predicted octanol–water partition coefficient (Wildman–Crippen LogP) is 4.19. The SMILES string of the molecule is CCc1nc(C)c(CN2CCC(C(O)c3cccs3)CC2)o1.O=C(O)C(F)(F)F. The highest BCUT2D eigenvalue weighted by molar-refractivity contribution is 7.10. The average molecular weight is 434 g/mol. The Morgan fingerprint density at radius 2 is 2.03 bits per heavy atom. The summed E-state index contributed by atoms with van der Waals surface area (Å²) >= 11 is 1.65. The van der Waals surface area contributed by atoms with Crippen LogP contribution in [0.1, 0.15) is 48.1 Å². The van der Waals surface area contributed by atoms with E-state index in [1.54, 1.807) is 11.3 Å². The molecule has 162 valence electrons. The fourth-order valence-corrected chi connectivity index (χ4v) is 3.91. The zero-order valence-corrected chi connectivity index (χ0v) is 17.1. The minimum absolute atomic E-state index is 0.305. The standard InChI is InChI=1S/C17H24N2O2S.C2HF3O2/c1-3-16-18-12(2)14(21-16)11-19-8-6-13(7-9-19)17(20)15-5-4-10-22-15;3-2(4,5)1(6)7/h4-5,10,13,17,20H,3,6-9,11H2,1-2H3;(H,6,7). The molecule has 3 rings (SSSR count). The van der Waals surface area contributed by atoms with Gasteiger partial charge in [-0.05, 0) is 50.2 Å². The number of thiophene rings is 1. The Kier molecular flexibility index (Phi) is 8.23. The van der Waals surface area contributed by atoms with Crippen LogP contribution in [0.3, 0.4) is 0 Å². The molecule has 0 amide bonds. The molecule has 29 heavy (non-hydrogen) atoms. The summed E-state index contributed by atoms with van der Waals surface area (Å²) in [6.07, 6.45) is -2.48. The molecule has 0 bridgehead atoms. The van der Waals surface area contributed by atoms with Gasteiger partial charge in [0, 0.05) is 11.3 Å². The molecule has 2 N–H and O–H groups in total. The van der Waals surface area contributed by atoms with Crippen LogP contribution >= 0.6 is 11.3 Å². The molecule has 1 unspecified atom stereocenters. The van der Waals surface area contributed by atoms with Gasteiger partial charge in [-0.1, -0.05) is 13.0 Å². The number of alkyl halides is 3. The lowest BCUT2D eigenvalue weighted by atomic mass is 9.90. The first-order valence-corrected chi connectivity index (χ1v) is 10.2. The fraction of sp³-hybridized carbons (Fsp3) is 0.579.